The van der Waals surface area contributed by atoms with Gasteiger partial charge in [0.1, 0.15) is 18.1 Å². The molecule has 11 N–H and O–H groups in total. The molecule has 5 amide bonds. The van der Waals surface area contributed by atoms with Crippen molar-refractivity contribution < 1.29 is 33.9 Å². The van der Waals surface area contributed by atoms with Gasteiger partial charge in [-0.3, -0.25) is 24.0 Å². The fourth-order valence-corrected chi connectivity index (χ4v) is 3.45. The number of primary amides is 2. The fourth-order valence-electron chi connectivity index (χ4n) is 2.98. The first-order valence-electron chi connectivity index (χ1n) is 10.9. The van der Waals surface area contributed by atoms with Gasteiger partial charge in [-0.05, 0) is 24.9 Å². The second kappa shape index (κ2) is 15.4. The number of carboxylic acid groups (broad SMARTS) is 1. The SMILES string of the molecule is CSCCC(NC(=O)C(Cc1cnc[nH]1)NC(=O)C(CC(N)=O)NC(=O)C(N)CCC(N)=O)C(=O)O. The highest BCUT2D eigenvalue weighted by molar-refractivity contribution is 7.98. The Morgan fingerprint density at radius 2 is 1.58 bits per heavy atom. The normalized spacial score (nSPS) is 14.1. The summed E-state index contributed by atoms with van der Waals surface area (Å²) in [5.41, 5.74) is 16.4. The molecule has 0 saturated carbocycles. The Morgan fingerprint density at radius 3 is 2.11 bits per heavy atom. The molecule has 0 aliphatic carbocycles. The number of nitrogens with one attached hydrogen (secondary N) is 4. The number of aromatic amines is 1. The number of amides is 5. The molecule has 0 fully saturated rings. The average molecular weight is 529 g/mol. The first-order chi connectivity index (χ1) is 16.9. The lowest BCUT2D eigenvalue weighted by Crippen LogP contribution is -2.58. The molecular weight excluding hydrogens is 496 g/mol. The molecule has 4 atom stereocenters. The summed E-state index contributed by atoms with van der Waals surface area (Å²) < 4.78 is 0. The van der Waals surface area contributed by atoms with Gasteiger partial charge >= 0.3 is 5.97 Å². The van der Waals surface area contributed by atoms with Gasteiger partial charge in [0.05, 0.1) is 18.8 Å². The third-order valence-corrected chi connectivity index (χ3v) is 5.56. The van der Waals surface area contributed by atoms with Crippen molar-refractivity contribution in [2.75, 3.05) is 12.0 Å². The van der Waals surface area contributed by atoms with Crippen LogP contribution >= 0.6 is 11.8 Å². The number of thioether (sulfide) groups is 1. The summed E-state index contributed by atoms with van der Waals surface area (Å²) in [4.78, 5) is 78.9. The molecule has 0 saturated heterocycles. The van der Waals surface area contributed by atoms with Gasteiger partial charge in [-0.25, -0.2) is 9.78 Å². The van der Waals surface area contributed by atoms with E-state index in [2.05, 4.69) is 25.9 Å². The predicted molar refractivity (Wildman–Crippen MR) is 129 cm³/mol. The number of imidazole rings is 1. The number of H-pyrrole nitrogens is 1. The molecule has 0 spiro atoms. The van der Waals surface area contributed by atoms with Crippen LogP contribution < -0.4 is 33.2 Å². The molecular formula is C20H32N8O7S. The molecule has 36 heavy (non-hydrogen) atoms. The average Bonchev–Trinajstić information content (AvgIpc) is 3.31. The lowest BCUT2D eigenvalue weighted by Gasteiger charge is -2.24. The molecule has 0 aliphatic rings. The van der Waals surface area contributed by atoms with E-state index in [0.717, 1.165) is 0 Å². The highest BCUT2D eigenvalue weighted by Gasteiger charge is 2.31. The van der Waals surface area contributed by atoms with Crippen LogP contribution in [0.1, 0.15) is 31.4 Å². The summed E-state index contributed by atoms with van der Waals surface area (Å²) >= 11 is 1.40. The van der Waals surface area contributed by atoms with Crippen molar-refractivity contribution in [1.82, 2.24) is 25.9 Å². The van der Waals surface area contributed by atoms with E-state index in [-0.39, 0.29) is 25.7 Å². The van der Waals surface area contributed by atoms with Crippen molar-refractivity contribution in [3.63, 3.8) is 0 Å². The minimum Gasteiger partial charge on any atom is -0.480 e. The number of rotatable bonds is 17. The number of carbonyl (C=O) groups excluding carboxylic acids is 5. The van der Waals surface area contributed by atoms with E-state index in [9.17, 15) is 33.9 Å². The Balaban J connectivity index is 3.03. The maximum atomic E-state index is 13.0. The monoisotopic (exact) mass is 528 g/mol. The predicted octanol–water partition coefficient (Wildman–Crippen LogP) is -3.29. The largest absolute Gasteiger partial charge is 0.480 e. The van der Waals surface area contributed by atoms with E-state index in [1.165, 1.54) is 24.3 Å². The third kappa shape index (κ3) is 11.2. The van der Waals surface area contributed by atoms with Crippen LogP contribution in [0.2, 0.25) is 0 Å². The van der Waals surface area contributed by atoms with Gasteiger partial charge in [-0.15, -0.1) is 0 Å². The van der Waals surface area contributed by atoms with Crippen molar-refractivity contribution in [1.29, 1.82) is 0 Å². The van der Waals surface area contributed by atoms with Crippen molar-refractivity contribution in [3.8, 4) is 0 Å². The number of aromatic nitrogens is 2. The van der Waals surface area contributed by atoms with Crippen LogP contribution in [0.15, 0.2) is 12.5 Å². The number of carboxylic acids is 1. The first kappa shape index (κ1) is 30.4. The molecule has 1 heterocycles. The van der Waals surface area contributed by atoms with Gasteiger partial charge in [0.25, 0.3) is 0 Å². The first-order valence-corrected chi connectivity index (χ1v) is 12.3. The topological polar surface area (TPSA) is 265 Å². The van der Waals surface area contributed by atoms with Crippen molar-refractivity contribution in [2.24, 2.45) is 17.2 Å². The standard InChI is InChI=1S/C20H32N8O7S/c1-36-5-4-12(20(34)35)26-18(32)13(6-10-8-24-9-25-10)28-19(33)14(7-16(23)30)27-17(31)11(21)2-3-15(22)29/h8-9,11-14H,2-7,21H2,1H3,(H2,22,29)(H2,23,30)(H,24,25)(H,26,32)(H,27,31)(H,28,33)(H,34,35). The molecule has 1 aromatic heterocycles. The van der Waals surface area contributed by atoms with E-state index >= 15 is 0 Å². The zero-order chi connectivity index (χ0) is 27.3. The quantitative estimate of drug-likeness (QED) is 0.0998. The van der Waals surface area contributed by atoms with Gasteiger partial charge in [0.2, 0.25) is 29.5 Å². The Bertz CT molecular complexity index is 927. The van der Waals surface area contributed by atoms with Crippen LogP contribution in [-0.2, 0) is 35.2 Å². The molecule has 1 rings (SSSR count). The van der Waals surface area contributed by atoms with Crippen LogP contribution in [0, 0.1) is 0 Å². The van der Waals surface area contributed by atoms with Crippen molar-refractivity contribution >= 4 is 47.3 Å². The smallest absolute Gasteiger partial charge is 0.326 e. The lowest BCUT2D eigenvalue weighted by atomic mass is 10.1. The van der Waals surface area contributed by atoms with Gasteiger partial charge < -0.3 is 43.2 Å². The molecule has 1 aromatic rings. The Kier molecular flexibility index (Phi) is 13.0. The maximum Gasteiger partial charge on any atom is 0.326 e. The van der Waals surface area contributed by atoms with E-state index in [4.69, 9.17) is 17.2 Å². The Morgan fingerprint density at radius 1 is 0.972 bits per heavy atom. The highest BCUT2D eigenvalue weighted by atomic mass is 32.2. The number of hydrogen-bond acceptors (Lipinski definition) is 9. The van der Waals surface area contributed by atoms with Crippen molar-refractivity contribution in [3.05, 3.63) is 18.2 Å². The van der Waals surface area contributed by atoms with E-state index in [1.54, 1.807) is 6.26 Å². The highest BCUT2D eigenvalue weighted by Crippen LogP contribution is 2.06. The molecule has 16 heteroatoms. The van der Waals surface area contributed by atoms with Crippen molar-refractivity contribution in [2.45, 2.75) is 56.3 Å². The minimum atomic E-state index is -1.49. The minimum absolute atomic E-state index is 0.0937. The summed E-state index contributed by atoms with van der Waals surface area (Å²) in [7, 11) is 0. The van der Waals surface area contributed by atoms with Crippen LogP contribution in [0.4, 0.5) is 0 Å². The van der Waals surface area contributed by atoms with Gasteiger partial charge in [-0.2, -0.15) is 11.8 Å². The summed E-state index contributed by atoms with van der Waals surface area (Å²) in [6.45, 7) is 0. The number of hydrogen-bond donors (Lipinski definition) is 8. The summed E-state index contributed by atoms with van der Waals surface area (Å²) in [5, 5.41) is 16.5. The summed E-state index contributed by atoms with van der Waals surface area (Å²) in [6, 6.07) is -5.17. The molecule has 0 bridgehead atoms. The van der Waals surface area contributed by atoms with E-state index in [0.29, 0.717) is 11.4 Å². The molecule has 0 radical (unpaired) electrons. The molecule has 0 aromatic carbocycles. The van der Waals surface area contributed by atoms with Gasteiger partial charge in [0.15, 0.2) is 0 Å². The number of carbonyl (C=O) groups is 6. The zero-order valence-electron chi connectivity index (χ0n) is 19.7. The van der Waals surface area contributed by atoms with Gasteiger partial charge in [-0.1, -0.05) is 0 Å². The van der Waals surface area contributed by atoms with E-state index < -0.39 is 66.1 Å². The summed E-state index contributed by atoms with van der Waals surface area (Å²) in [6.07, 6.45) is 3.74. The summed E-state index contributed by atoms with van der Waals surface area (Å²) in [5.74, 6) is -4.93. The Hall–Kier alpha value is -3.66. The molecule has 0 aliphatic heterocycles. The number of nitrogens with zero attached hydrogens (tertiary/aromatic N) is 1. The zero-order valence-corrected chi connectivity index (χ0v) is 20.5. The van der Waals surface area contributed by atoms with E-state index in [1.807, 2.05) is 0 Å². The lowest BCUT2D eigenvalue weighted by molar-refractivity contribution is -0.142. The second-order valence-electron chi connectivity index (χ2n) is 7.87. The molecule has 15 nitrogen and oxygen atoms in total. The van der Waals surface area contributed by atoms with Gasteiger partial charge in [0, 0.05) is 24.7 Å². The van der Waals surface area contributed by atoms with Crippen LogP contribution in [0.5, 0.6) is 0 Å². The van der Waals surface area contributed by atoms with Crippen LogP contribution in [0.25, 0.3) is 0 Å². The fraction of sp³-hybridized carbons (Fsp3) is 0.550. The maximum absolute atomic E-state index is 13.0. The Labute approximate surface area is 211 Å². The van der Waals surface area contributed by atoms with Crippen LogP contribution in [-0.4, -0.2) is 86.8 Å². The third-order valence-electron chi connectivity index (χ3n) is 4.91. The molecule has 4 unspecified atom stereocenters. The number of nitrogens with two attached hydrogens (primary N) is 3. The number of aliphatic carboxylic acids is 1. The second-order valence-corrected chi connectivity index (χ2v) is 8.85. The van der Waals surface area contributed by atoms with Crippen LogP contribution in [0.3, 0.4) is 0 Å². The molecule has 200 valence electrons.